The van der Waals surface area contributed by atoms with E-state index in [1.165, 1.54) is 37.9 Å². The predicted molar refractivity (Wildman–Crippen MR) is 79.4 cm³/mol. The Labute approximate surface area is 120 Å². The zero-order valence-corrected chi connectivity index (χ0v) is 11.8. The van der Waals surface area contributed by atoms with Gasteiger partial charge in [0, 0.05) is 31.0 Å². The first-order valence-electron chi connectivity index (χ1n) is 7.67. The Hall–Kier alpha value is -1.61. The Bertz CT molecular complexity index is 576. The fourth-order valence-electron chi connectivity index (χ4n) is 3.89. The van der Waals surface area contributed by atoms with Crippen molar-refractivity contribution < 1.29 is 0 Å². The van der Waals surface area contributed by atoms with E-state index in [1.54, 1.807) is 11.1 Å². The topological polar surface area (TPSA) is 31.9 Å². The Morgan fingerprint density at radius 1 is 1.10 bits per heavy atom. The number of aromatic amines is 1. The highest BCUT2D eigenvalue weighted by Gasteiger charge is 2.31. The van der Waals surface area contributed by atoms with E-state index < -0.39 is 0 Å². The van der Waals surface area contributed by atoms with Crippen molar-refractivity contribution in [2.24, 2.45) is 5.92 Å². The third kappa shape index (κ3) is 2.27. The van der Waals surface area contributed by atoms with Gasteiger partial charge in [0.25, 0.3) is 0 Å². The van der Waals surface area contributed by atoms with Crippen molar-refractivity contribution in [3.8, 4) is 0 Å². The number of rotatable bonds is 2. The summed E-state index contributed by atoms with van der Waals surface area (Å²) in [7, 11) is 0. The largest absolute Gasteiger partial charge is 0.294 e. The van der Waals surface area contributed by atoms with Crippen LogP contribution in [0.15, 0.2) is 36.5 Å². The van der Waals surface area contributed by atoms with Crippen molar-refractivity contribution in [2.75, 3.05) is 6.54 Å². The first kappa shape index (κ1) is 12.2. The minimum absolute atomic E-state index is 0.691. The van der Waals surface area contributed by atoms with Gasteiger partial charge < -0.3 is 0 Å². The van der Waals surface area contributed by atoms with E-state index in [2.05, 4.69) is 45.4 Å². The smallest absolute Gasteiger partial charge is 0.0492 e. The molecule has 1 fully saturated rings. The average Bonchev–Trinajstić information content (AvgIpc) is 2.93. The van der Waals surface area contributed by atoms with Gasteiger partial charge in [0.05, 0.1) is 0 Å². The van der Waals surface area contributed by atoms with Crippen LogP contribution in [-0.2, 0) is 19.4 Å². The summed E-state index contributed by atoms with van der Waals surface area (Å²) in [5, 5.41) is 7.18. The van der Waals surface area contributed by atoms with Crippen molar-refractivity contribution in [2.45, 2.75) is 38.3 Å². The molecule has 2 aromatic rings. The summed E-state index contributed by atoms with van der Waals surface area (Å²) in [6.45, 7) is 2.25. The molecule has 2 bridgehead atoms. The molecule has 20 heavy (non-hydrogen) atoms. The van der Waals surface area contributed by atoms with Crippen LogP contribution in [0.25, 0.3) is 0 Å². The molecule has 1 N–H and O–H groups in total. The lowest BCUT2D eigenvalue weighted by Crippen LogP contribution is -2.46. The molecule has 1 aromatic carbocycles. The van der Waals surface area contributed by atoms with Crippen molar-refractivity contribution in [1.29, 1.82) is 0 Å². The molecule has 1 aliphatic carbocycles. The van der Waals surface area contributed by atoms with Crippen molar-refractivity contribution in [3.63, 3.8) is 0 Å². The number of H-pyrrole nitrogens is 1. The number of aromatic nitrogens is 2. The molecule has 1 aromatic heterocycles. The van der Waals surface area contributed by atoms with Gasteiger partial charge in [-0.15, -0.1) is 0 Å². The van der Waals surface area contributed by atoms with Crippen LogP contribution in [0.2, 0.25) is 0 Å². The van der Waals surface area contributed by atoms with Gasteiger partial charge in [-0.1, -0.05) is 24.3 Å². The maximum absolute atomic E-state index is 4.08. The number of nitrogens with zero attached hydrogens (tertiary/aromatic N) is 2. The van der Waals surface area contributed by atoms with Crippen LogP contribution in [0.3, 0.4) is 0 Å². The van der Waals surface area contributed by atoms with Gasteiger partial charge >= 0.3 is 0 Å². The minimum Gasteiger partial charge on any atom is -0.294 e. The van der Waals surface area contributed by atoms with Crippen molar-refractivity contribution >= 4 is 0 Å². The molecule has 5 rings (SSSR count). The Kier molecular flexibility index (Phi) is 3.07. The summed E-state index contributed by atoms with van der Waals surface area (Å²) in [5.74, 6) is 0.815. The SMILES string of the molecule is c1ccc2c(c1)C[C@H]1CC[C@H](C2)N(Cc2ccn[nH]2)C1. The zero-order valence-electron chi connectivity index (χ0n) is 11.8. The maximum Gasteiger partial charge on any atom is 0.0492 e. The molecule has 3 aliphatic rings. The van der Waals surface area contributed by atoms with Gasteiger partial charge in [0.2, 0.25) is 0 Å². The van der Waals surface area contributed by atoms with Crippen LogP contribution in [-0.4, -0.2) is 27.7 Å². The van der Waals surface area contributed by atoms with E-state index >= 15 is 0 Å². The first-order valence-corrected chi connectivity index (χ1v) is 7.67. The van der Waals surface area contributed by atoms with Crippen LogP contribution >= 0.6 is 0 Å². The molecular weight excluding hydrogens is 246 g/mol. The maximum atomic E-state index is 4.08. The Balaban J connectivity index is 1.60. The number of piperidine rings is 1. The van der Waals surface area contributed by atoms with Crippen molar-refractivity contribution in [3.05, 3.63) is 53.3 Å². The second kappa shape index (κ2) is 5.06. The van der Waals surface area contributed by atoms with Gasteiger partial charge in [-0.3, -0.25) is 10.00 Å². The summed E-state index contributed by atoms with van der Waals surface area (Å²) in [6, 6.07) is 11.8. The molecule has 3 nitrogen and oxygen atoms in total. The van der Waals surface area contributed by atoms with Gasteiger partial charge in [0.1, 0.15) is 0 Å². The number of hydrogen-bond acceptors (Lipinski definition) is 2. The summed E-state index contributed by atoms with van der Waals surface area (Å²) in [6.07, 6.45) is 7.04. The fraction of sp³-hybridized carbons (Fsp3) is 0.471. The normalized spacial score (nSPS) is 26.0. The highest BCUT2D eigenvalue weighted by Crippen LogP contribution is 2.32. The van der Waals surface area contributed by atoms with E-state index in [9.17, 15) is 0 Å². The van der Waals surface area contributed by atoms with E-state index in [0.717, 1.165) is 12.5 Å². The number of hydrogen-bond donors (Lipinski definition) is 1. The molecule has 2 atom stereocenters. The Morgan fingerprint density at radius 3 is 2.75 bits per heavy atom. The van der Waals surface area contributed by atoms with Crippen LogP contribution < -0.4 is 0 Å². The highest BCUT2D eigenvalue weighted by molar-refractivity contribution is 5.29. The lowest BCUT2D eigenvalue weighted by atomic mass is 9.80. The zero-order chi connectivity index (χ0) is 13.4. The summed E-state index contributed by atoms with van der Waals surface area (Å²) in [4.78, 5) is 2.66. The van der Waals surface area contributed by atoms with E-state index in [4.69, 9.17) is 0 Å². The summed E-state index contributed by atoms with van der Waals surface area (Å²) < 4.78 is 0. The molecular formula is C17H21N3. The van der Waals surface area contributed by atoms with Gasteiger partial charge in [-0.05, 0) is 48.8 Å². The second-order valence-corrected chi connectivity index (χ2v) is 6.29. The van der Waals surface area contributed by atoms with Gasteiger partial charge in [0.15, 0.2) is 0 Å². The fourth-order valence-corrected chi connectivity index (χ4v) is 3.89. The quantitative estimate of drug-likeness (QED) is 0.907. The third-order valence-corrected chi connectivity index (χ3v) is 4.93. The standard InChI is InChI=1S/C17H21N3/c1-2-4-15-10-17-6-5-13(9-14(15)3-1)11-20(17)12-16-7-8-18-19-16/h1-4,7-8,13,17H,5-6,9-12H2,(H,18,19)/t13-,17-/m1/s1. The summed E-state index contributed by atoms with van der Waals surface area (Å²) >= 11 is 0. The molecule has 3 heterocycles. The third-order valence-electron chi connectivity index (χ3n) is 4.93. The highest BCUT2D eigenvalue weighted by atomic mass is 15.2. The monoisotopic (exact) mass is 267 g/mol. The van der Waals surface area contributed by atoms with E-state index in [1.807, 2.05) is 6.20 Å². The second-order valence-electron chi connectivity index (χ2n) is 6.29. The Morgan fingerprint density at radius 2 is 1.95 bits per heavy atom. The van der Waals surface area contributed by atoms with Crippen LogP contribution in [0, 0.1) is 5.92 Å². The average molecular weight is 267 g/mol. The predicted octanol–water partition coefficient (Wildman–Crippen LogP) is 2.79. The van der Waals surface area contributed by atoms with Crippen molar-refractivity contribution in [1.82, 2.24) is 15.1 Å². The molecule has 3 heteroatoms. The molecule has 0 unspecified atom stereocenters. The molecule has 104 valence electrons. The van der Waals surface area contributed by atoms with Gasteiger partial charge in [-0.25, -0.2) is 0 Å². The van der Waals surface area contributed by atoms with Crippen LogP contribution in [0.1, 0.15) is 29.7 Å². The molecule has 1 saturated heterocycles. The number of fused-ring (bicyclic) bond motifs is 2. The van der Waals surface area contributed by atoms with E-state index in [-0.39, 0.29) is 0 Å². The molecule has 0 spiro atoms. The molecule has 0 radical (unpaired) electrons. The summed E-state index contributed by atoms with van der Waals surface area (Å²) in [5.41, 5.74) is 4.39. The molecule has 0 saturated carbocycles. The van der Waals surface area contributed by atoms with Gasteiger partial charge in [-0.2, -0.15) is 5.10 Å². The molecule has 0 amide bonds. The minimum atomic E-state index is 0.691. The first-order chi connectivity index (χ1) is 9.88. The van der Waals surface area contributed by atoms with Crippen LogP contribution in [0.4, 0.5) is 0 Å². The van der Waals surface area contributed by atoms with Crippen LogP contribution in [0.5, 0.6) is 0 Å². The number of nitrogens with one attached hydrogen (secondary N) is 1. The number of benzene rings is 1. The lowest BCUT2D eigenvalue weighted by molar-refractivity contribution is 0.0925. The lowest BCUT2D eigenvalue weighted by Gasteiger charge is -2.42. The van der Waals surface area contributed by atoms with E-state index in [0.29, 0.717) is 6.04 Å². The molecule has 2 aliphatic heterocycles.